The van der Waals surface area contributed by atoms with Crippen molar-refractivity contribution in [3.8, 4) is 5.75 Å². The first-order valence-corrected chi connectivity index (χ1v) is 8.82. The Hall–Kier alpha value is -2.37. The Labute approximate surface area is 147 Å². The minimum absolute atomic E-state index is 0.214. The van der Waals surface area contributed by atoms with Gasteiger partial charge in [0.15, 0.2) is 0 Å². The number of ether oxygens (including phenoxy) is 1. The minimum atomic E-state index is -0.266. The molecule has 1 amide bonds. The molecule has 0 radical (unpaired) electrons. The van der Waals surface area contributed by atoms with Crippen LogP contribution in [0.25, 0.3) is 0 Å². The predicted molar refractivity (Wildman–Crippen MR) is 92.7 cm³/mol. The molecule has 0 unspecified atom stereocenters. The fourth-order valence-electron chi connectivity index (χ4n) is 3.16. The highest BCUT2D eigenvalue weighted by Crippen LogP contribution is 2.20. The smallest absolute Gasteiger partial charge is 0.222 e. The van der Waals surface area contributed by atoms with E-state index >= 15 is 0 Å². The molecule has 3 rings (SSSR count). The molecule has 2 aromatic rings. The van der Waals surface area contributed by atoms with Gasteiger partial charge in [-0.15, -0.1) is 0 Å². The van der Waals surface area contributed by atoms with E-state index in [-0.39, 0.29) is 11.7 Å². The Morgan fingerprint density at radius 3 is 2.92 bits per heavy atom. The number of imidazole rings is 1. The van der Waals surface area contributed by atoms with Crippen molar-refractivity contribution in [1.82, 2.24) is 14.5 Å². The van der Waals surface area contributed by atoms with E-state index in [9.17, 15) is 9.18 Å². The molecule has 1 aromatic carbocycles. The maximum Gasteiger partial charge on any atom is 0.222 e. The number of carbonyl (C=O) groups excluding carboxylic acids is 1. The first-order chi connectivity index (χ1) is 12.2. The number of aryl methyl sites for hydroxylation is 1. The maximum absolute atomic E-state index is 12.9. The van der Waals surface area contributed by atoms with Crippen LogP contribution in [-0.4, -0.2) is 40.1 Å². The van der Waals surface area contributed by atoms with Gasteiger partial charge in [0.2, 0.25) is 5.91 Å². The van der Waals surface area contributed by atoms with E-state index in [0.29, 0.717) is 24.7 Å². The Morgan fingerprint density at radius 1 is 1.32 bits per heavy atom. The summed E-state index contributed by atoms with van der Waals surface area (Å²) in [4.78, 5) is 18.4. The number of halogens is 1. The number of rotatable bonds is 7. The molecule has 134 valence electrons. The molecule has 2 heterocycles. The van der Waals surface area contributed by atoms with Crippen LogP contribution in [0.2, 0.25) is 0 Å². The lowest BCUT2D eigenvalue weighted by molar-refractivity contribution is -0.133. The molecule has 1 aliphatic rings. The van der Waals surface area contributed by atoms with Gasteiger partial charge in [-0.25, -0.2) is 9.37 Å². The van der Waals surface area contributed by atoms with Crippen molar-refractivity contribution in [2.45, 2.75) is 32.2 Å². The Bertz CT molecular complexity index is 658. The lowest BCUT2D eigenvalue weighted by Crippen LogP contribution is -2.41. The SMILES string of the molecule is O=C(CCCn1ccnc1)N1CCC[C@H](COc2ccc(F)cc2)C1. The van der Waals surface area contributed by atoms with Crippen LogP contribution in [0.4, 0.5) is 4.39 Å². The van der Waals surface area contributed by atoms with Gasteiger partial charge in [-0.2, -0.15) is 0 Å². The molecule has 1 fully saturated rings. The zero-order valence-electron chi connectivity index (χ0n) is 14.3. The summed E-state index contributed by atoms with van der Waals surface area (Å²) in [6, 6.07) is 6.06. The summed E-state index contributed by atoms with van der Waals surface area (Å²) >= 11 is 0. The van der Waals surface area contributed by atoms with E-state index in [0.717, 1.165) is 38.9 Å². The van der Waals surface area contributed by atoms with Crippen molar-refractivity contribution >= 4 is 5.91 Å². The maximum atomic E-state index is 12.9. The van der Waals surface area contributed by atoms with Crippen molar-refractivity contribution in [2.24, 2.45) is 5.92 Å². The van der Waals surface area contributed by atoms with Crippen molar-refractivity contribution in [3.63, 3.8) is 0 Å². The largest absolute Gasteiger partial charge is 0.493 e. The van der Waals surface area contributed by atoms with Crippen LogP contribution < -0.4 is 4.74 Å². The molecule has 1 aliphatic heterocycles. The summed E-state index contributed by atoms with van der Waals surface area (Å²) in [6.07, 6.45) is 8.87. The van der Waals surface area contributed by atoms with Gasteiger partial charge in [0.1, 0.15) is 11.6 Å². The number of hydrogen-bond donors (Lipinski definition) is 0. The van der Waals surface area contributed by atoms with Crippen LogP contribution >= 0.6 is 0 Å². The standard InChI is InChI=1S/C19H24FN3O2/c20-17-5-7-18(8-6-17)25-14-16-3-1-11-23(13-16)19(24)4-2-10-22-12-9-21-15-22/h5-9,12,15-16H,1-4,10-11,13-14H2/t16-/m0/s1. The van der Waals surface area contributed by atoms with Gasteiger partial charge in [0.05, 0.1) is 12.9 Å². The molecule has 1 saturated heterocycles. The third-order valence-corrected chi connectivity index (χ3v) is 4.54. The fraction of sp³-hybridized carbons (Fsp3) is 0.474. The zero-order chi connectivity index (χ0) is 17.5. The molecule has 6 heteroatoms. The van der Waals surface area contributed by atoms with Gasteiger partial charge in [-0.3, -0.25) is 4.79 Å². The van der Waals surface area contributed by atoms with Gasteiger partial charge in [-0.1, -0.05) is 0 Å². The second-order valence-corrected chi connectivity index (χ2v) is 6.52. The molecule has 1 aromatic heterocycles. The topological polar surface area (TPSA) is 47.4 Å². The lowest BCUT2D eigenvalue weighted by atomic mass is 9.98. The average Bonchev–Trinajstić information content (AvgIpc) is 3.15. The number of carbonyl (C=O) groups is 1. The monoisotopic (exact) mass is 345 g/mol. The molecule has 0 aliphatic carbocycles. The molecule has 0 N–H and O–H groups in total. The van der Waals surface area contributed by atoms with E-state index in [2.05, 4.69) is 4.98 Å². The Kier molecular flexibility index (Phi) is 6.04. The molecule has 1 atom stereocenters. The summed E-state index contributed by atoms with van der Waals surface area (Å²) < 4.78 is 20.6. The Balaban J connectivity index is 1.40. The highest BCUT2D eigenvalue weighted by Gasteiger charge is 2.23. The fourth-order valence-corrected chi connectivity index (χ4v) is 3.16. The van der Waals surface area contributed by atoms with Crippen LogP contribution in [0.15, 0.2) is 43.0 Å². The number of likely N-dealkylation sites (tertiary alicyclic amines) is 1. The summed E-state index contributed by atoms with van der Waals surface area (Å²) in [5.41, 5.74) is 0. The summed E-state index contributed by atoms with van der Waals surface area (Å²) in [6.45, 7) is 2.95. The summed E-state index contributed by atoms with van der Waals surface area (Å²) in [7, 11) is 0. The van der Waals surface area contributed by atoms with E-state index in [4.69, 9.17) is 4.74 Å². The molecule has 0 saturated carbocycles. The zero-order valence-corrected chi connectivity index (χ0v) is 14.3. The molecule has 5 nitrogen and oxygen atoms in total. The second kappa shape index (κ2) is 8.65. The number of nitrogens with zero attached hydrogens (tertiary/aromatic N) is 3. The van der Waals surface area contributed by atoms with Crippen LogP contribution in [-0.2, 0) is 11.3 Å². The van der Waals surface area contributed by atoms with E-state index < -0.39 is 0 Å². The Morgan fingerprint density at radius 2 is 2.16 bits per heavy atom. The third-order valence-electron chi connectivity index (χ3n) is 4.54. The van der Waals surface area contributed by atoms with Gasteiger partial charge in [-0.05, 0) is 43.5 Å². The van der Waals surface area contributed by atoms with Gasteiger partial charge < -0.3 is 14.2 Å². The van der Waals surface area contributed by atoms with E-state index in [1.807, 2.05) is 15.7 Å². The van der Waals surface area contributed by atoms with Crippen molar-refractivity contribution in [2.75, 3.05) is 19.7 Å². The van der Waals surface area contributed by atoms with Gasteiger partial charge >= 0.3 is 0 Å². The van der Waals surface area contributed by atoms with Crippen LogP contribution in [0.3, 0.4) is 0 Å². The highest BCUT2D eigenvalue weighted by molar-refractivity contribution is 5.76. The van der Waals surface area contributed by atoms with Crippen LogP contribution in [0, 0.1) is 11.7 Å². The number of aromatic nitrogens is 2. The molecular weight excluding hydrogens is 321 g/mol. The second-order valence-electron chi connectivity index (χ2n) is 6.52. The van der Waals surface area contributed by atoms with Crippen molar-refractivity contribution < 1.29 is 13.9 Å². The van der Waals surface area contributed by atoms with Crippen molar-refractivity contribution in [3.05, 3.63) is 48.8 Å². The normalized spacial score (nSPS) is 17.5. The van der Waals surface area contributed by atoms with E-state index in [1.54, 1.807) is 24.7 Å². The highest BCUT2D eigenvalue weighted by atomic mass is 19.1. The van der Waals surface area contributed by atoms with Crippen LogP contribution in [0.1, 0.15) is 25.7 Å². The number of benzene rings is 1. The first kappa shape index (κ1) is 17.5. The summed E-state index contributed by atoms with van der Waals surface area (Å²) in [5, 5.41) is 0. The third kappa shape index (κ3) is 5.31. The molecule has 0 bridgehead atoms. The minimum Gasteiger partial charge on any atom is -0.493 e. The first-order valence-electron chi connectivity index (χ1n) is 8.82. The van der Waals surface area contributed by atoms with E-state index in [1.165, 1.54) is 12.1 Å². The summed E-state index contributed by atoms with van der Waals surface area (Å²) in [5.74, 6) is 0.950. The quantitative estimate of drug-likeness (QED) is 0.775. The van der Waals surface area contributed by atoms with Crippen LogP contribution in [0.5, 0.6) is 5.75 Å². The number of hydrogen-bond acceptors (Lipinski definition) is 3. The van der Waals surface area contributed by atoms with Crippen molar-refractivity contribution in [1.29, 1.82) is 0 Å². The predicted octanol–water partition coefficient (Wildman–Crippen LogP) is 3.12. The van der Waals surface area contributed by atoms with Gasteiger partial charge in [0.25, 0.3) is 0 Å². The van der Waals surface area contributed by atoms with Gasteiger partial charge in [0, 0.05) is 44.4 Å². The molecule has 0 spiro atoms. The molecule has 25 heavy (non-hydrogen) atoms. The molecular formula is C19H24FN3O2. The lowest BCUT2D eigenvalue weighted by Gasteiger charge is -2.32. The number of amides is 1. The average molecular weight is 345 g/mol. The number of piperidine rings is 1.